The highest BCUT2D eigenvalue weighted by molar-refractivity contribution is 6.10. The number of allylic oxidation sites excluding steroid dienone is 1. The summed E-state index contributed by atoms with van der Waals surface area (Å²) in [6.07, 6.45) is 3.85. The number of hydrogen-bond donors (Lipinski definition) is 0. The van der Waals surface area contributed by atoms with Crippen LogP contribution in [0.25, 0.3) is 5.70 Å². The zero-order valence-electron chi connectivity index (χ0n) is 15.9. The number of ether oxygens (including phenoxy) is 1. The highest BCUT2D eigenvalue weighted by Crippen LogP contribution is 2.40. The first-order valence-electron chi connectivity index (χ1n) is 9.31. The van der Waals surface area contributed by atoms with Crippen molar-refractivity contribution >= 4 is 23.3 Å². The lowest BCUT2D eigenvalue weighted by Gasteiger charge is -2.36. The highest BCUT2D eigenvalue weighted by Gasteiger charge is 2.38. The van der Waals surface area contributed by atoms with Crippen LogP contribution < -0.4 is 0 Å². The number of hydrogen-bond acceptors (Lipinski definition) is 5. The molecule has 0 aromatic heterocycles. The zero-order chi connectivity index (χ0) is 19.5. The summed E-state index contributed by atoms with van der Waals surface area (Å²) in [6.45, 7) is 4.04. The number of guanidine groups is 1. The largest absolute Gasteiger partial charge is 0.463 e. The van der Waals surface area contributed by atoms with Gasteiger partial charge < -0.3 is 9.64 Å². The third kappa shape index (κ3) is 3.27. The van der Waals surface area contributed by atoms with Crippen LogP contribution in [0.1, 0.15) is 31.0 Å². The maximum Gasteiger partial charge on any atom is 0.338 e. The van der Waals surface area contributed by atoms with Gasteiger partial charge in [0.25, 0.3) is 0 Å². The van der Waals surface area contributed by atoms with Crippen molar-refractivity contribution in [1.29, 1.82) is 0 Å². The Morgan fingerprint density at radius 2 is 1.71 bits per heavy atom. The second-order valence-corrected chi connectivity index (χ2v) is 6.55. The lowest BCUT2D eigenvalue weighted by atomic mass is 9.91. The van der Waals surface area contributed by atoms with E-state index in [0.29, 0.717) is 23.8 Å². The minimum absolute atomic E-state index is 0.301. The zero-order valence-corrected chi connectivity index (χ0v) is 15.9. The van der Waals surface area contributed by atoms with Gasteiger partial charge in [-0.15, -0.1) is 0 Å². The molecule has 0 amide bonds. The quantitative estimate of drug-likeness (QED) is 0.750. The molecule has 28 heavy (non-hydrogen) atoms. The van der Waals surface area contributed by atoms with Gasteiger partial charge in [-0.05, 0) is 25.5 Å². The molecule has 0 spiro atoms. The van der Waals surface area contributed by atoms with Gasteiger partial charge in [0.1, 0.15) is 0 Å². The van der Waals surface area contributed by atoms with Gasteiger partial charge in [-0.25, -0.2) is 14.8 Å². The second-order valence-electron chi connectivity index (χ2n) is 6.55. The van der Waals surface area contributed by atoms with Crippen molar-refractivity contribution in [2.75, 3.05) is 6.61 Å². The van der Waals surface area contributed by atoms with Crippen LogP contribution in [0.3, 0.4) is 0 Å². The maximum absolute atomic E-state index is 13.1. The van der Waals surface area contributed by atoms with E-state index in [9.17, 15) is 4.79 Å². The first kappa shape index (κ1) is 17.9. The molecular weight excluding hydrogens is 350 g/mol. The lowest BCUT2D eigenvalue weighted by molar-refractivity contribution is -0.139. The Morgan fingerprint density at radius 1 is 1.04 bits per heavy atom. The molecule has 140 valence electrons. The summed E-state index contributed by atoms with van der Waals surface area (Å²) in [5.74, 6) is 0.207. The Bertz CT molecular complexity index is 1000. The molecule has 0 radical (unpaired) electrons. The first-order chi connectivity index (χ1) is 13.7. The van der Waals surface area contributed by atoms with Crippen LogP contribution in [0, 0.1) is 0 Å². The fraction of sp³-hybridized carbons (Fsp3) is 0.174. The molecule has 2 heterocycles. The van der Waals surface area contributed by atoms with Crippen molar-refractivity contribution in [3.05, 3.63) is 89.6 Å². The van der Waals surface area contributed by atoms with E-state index in [4.69, 9.17) is 9.73 Å². The topological polar surface area (TPSA) is 54.3 Å². The van der Waals surface area contributed by atoms with Crippen LogP contribution in [0.5, 0.6) is 0 Å². The minimum atomic E-state index is -0.365. The van der Waals surface area contributed by atoms with Crippen molar-refractivity contribution in [2.45, 2.75) is 19.9 Å². The molecular formula is C23H21N3O2. The molecule has 0 N–H and O–H groups in total. The van der Waals surface area contributed by atoms with Gasteiger partial charge in [0, 0.05) is 17.5 Å². The van der Waals surface area contributed by atoms with Crippen LogP contribution in [0.15, 0.2) is 88.5 Å². The van der Waals surface area contributed by atoms with Crippen LogP contribution in [-0.4, -0.2) is 29.1 Å². The van der Waals surface area contributed by atoms with Gasteiger partial charge in [-0.2, -0.15) is 0 Å². The summed E-state index contributed by atoms with van der Waals surface area (Å²) in [6, 6.07) is 19.3. The Morgan fingerprint density at radius 3 is 2.39 bits per heavy atom. The lowest BCUT2D eigenvalue weighted by Crippen LogP contribution is -2.38. The molecule has 4 rings (SSSR count). The van der Waals surface area contributed by atoms with Crippen molar-refractivity contribution < 1.29 is 9.53 Å². The number of nitrogens with zero attached hydrogens (tertiary/aromatic N) is 3. The number of benzene rings is 2. The molecule has 5 heteroatoms. The number of carbonyl (C=O) groups is 1. The number of carbonyl (C=O) groups excluding carboxylic acids is 1. The summed E-state index contributed by atoms with van der Waals surface area (Å²) in [7, 11) is 0. The summed E-state index contributed by atoms with van der Waals surface area (Å²) >= 11 is 0. The molecule has 0 saturated carbocycles. The highest BCUT2D eigenvalue weighted by atomic mass is 16.5. The van der Waals surface area contributed by atoms with E-state index in [-0.39, 0.29) is 12.0 Å². The average Bonchev–Trinajstić information content (AvgIpc) is 2.73. The van der Waals surface area contributed by atoms with Crippen LogP contribution in [0.4, 0.5) is 0 Å². The summed E-state index contributed by atoms with van der Waals surface area (Å²) in [5, 5.41) is 0. The van der Waals surface area contributed by atoms with Gasteiger partial charge in [0.2, 0.25) is 5.96 Å². The molecule has 2 aliphatic heterocycles. The van der Waals surface area contributed by atoms with Crippen molar-refractivity contribution in [1.82, 2.24) is 4.90 Å². The Hall–Kier alpha value is -3.47. The Kier molecular flexibility index (Phi) is 4.89. The second kappa shape index (κ2) is 7.64. The molecule has 2 aromatic rings. The van der Waals surface area contributed by atoms with Gasteiger partial charge in [-0.3, -0.25) is 0 Å². The average molecular weight is 371 g/mol. The van der Waals surface area contributed by atoms with Crippen molar-refractivity contribution in [3.8, 4) is 0 Å². The molecule has 5 nitrogen and oxygen atoms in total. The predicted molar refractivity (Wildman–Crippen MR) is 111 cm³/mol. The minimum Gasteiger partial charge on any atom is -0.463 e. The number of aliphatic imine (C=N–C) groups is 2. The van der Waals surface area contributed by atoms with E-state index in [1.54, 1.807) is 0 Å². The number of esters is 1. The van der Waals surface area contributed by atoms with Crippen molar-refractivity contribution in [3.63, 3.8) is 0 Å². The number of rotatable bonds is 4. The van der Waals surface area contributed by atoms with Gasteiger partial charge >= 0.3 is 5.97 Å². The molecule has 0 fully saturated rings. The first-order valence-corrected chi connectivity index (χ1v) is 9.31. The van der Waals surface area contributed by atoms with E-state index in [0.717, 1.165) is 16.8 Å². The van der Waals surface area contributed by atoms with E-state index in [1.807, 2.05) is 91.7 Å². The van der Waals surface area contributed by atoms with E-state index < -0.39 is 0 Å². The van der Waals surface area contributed by atoms with Gasteiger partial charge in [-0.1, -0.05) is 60.7 Å². The normalized spacial score (nSPS) is 18.4. The summed E-state index contributed by atoms with van der Waals surface area (Å²) in [5.41, 5.74) is 3.83. The summed E-state index contributed by atoms with van der Waals surface area (Å²) < 4.78 is 5.43. The molecule has 0 bridgehead atoms. The molecule has 0 saturated heterocycles. The van der Waals surface area contributed by atoms with Crippen LogP contribution in [-0.2, 0) is 9.53 Å². The number of fused-ring (bicyclic) bond motifs is 1. The van der Waals surface area contributed by atoms with E-state index >= 15 is 0 Å². The standard InChI is InChI=1S/C23H21N3O2/c1-3-28-22(27)19-20(17-10-6-4-7-11-17)25-23-24-16(2)14-15-26(23)21(19)18-12-8-5-9-13-18/h4-15,21H,3H2,1-2H3. The Labute approximate surface area is 164 Å². The van der Waals surface area contributed by atoms with E-state index in [2.05, 4.69) is 4.99 Å². The SMILES string of the molecule is CCOC(=O)C1=C(c2ccccc2)N=C2N=C(C)C=CN2C1c1ccccc1. The third-order valence-electron chi connectivity index (χ3n) is 4.66. The third-order valence-corrected chi connectivity index (χ3v) is 4.66. The van der Waals surface area contributed by atoms with Gasteiger partial charge in [0.05, 0.1) is 23.9 Å². The van der Waals surface area contributed by atoms with Crippen LogP contribution >= 0.6 is 0 Å². The Balaban J connectivity index is 1.98. The maximum atomic E-state index is 13.1. The molecule has 0 aliphatic carbocycles. The fourth-order valence-corrected chi connectivity index (χ4v) is 3.42. The smallest absolute Gasteiger partial charge is 0.338 e. The molecule has 1 atom stereocenters. The van der Waals surface area contributed by atoms with Gasteiger partial charge in [0.15, 0.2) is 0 Å². The van der Waals surface area contributed by atoms with E-state index in [1.165, 1.54) is 0 Å². The molecule has 2 aromatic carbocycles. The fourth-order valence-electron chi connectivity index (χ4n) is 3.42. The predicted octanol–water partition coefficient (Wildman–Crippen LogP) is 4.36. The molecule has 2 aliphatic rings. The molecule has 1 unspecified atom stereocenters. The van der Waals surface area contributed by atoms with Crippen molar-refractivity contribution in [2.24, 2.45) is 9.98 Å². The summed E-state index contributed by atoms with van der Waals surface area (Å²) in [4.78, 5) is 24.4. The van der Waals surface area contributed by atoms with Crippen LogP contribution in [0.2, 0.25) is 0 Å². The monoisotopic (exact) mass is 371 g/mol.